The van der Waals surface area contributed by atoms with Crippen LogP contribution in [0.1, 0.15) is 5.69 Å². The van der Waals surface area contributed by atoms with Gasteiger partial charge in [-0.05, 0) is 29.8 Å². The van der Waals surface area contributed by atoms with E-state index in [1.807, 2.05) is 18.2 Å². The number of ether oxygens (including phenoxy) is 1. The van der Waals surface area contributed by atoms with Gasteiger partial charge in [0.1, 0.15) is 0 Å². The molecule has 3 aromatic rings. The summed E-state index contributed by atoms with van der Waals surface area (Å²) in [7, 11) is 1.65. The average molecular weight is 311 g/mol. The lowest BCUT2D eigenvalue weighted by Crippen LogP contribution is -1.92. The third kappa shape index (κ3) is 3.16. The van der Waals surface area contributed by atoms with Crippen LogP contribution in [-0.2, 0) is 11.3 Å². The molecule has 0 spiro atoms. The van der Waals surface area contributed by atoms with Crippen LogP contribution in [0, 0.1) is 0 Å². The van der Waals surface area contributed by atoms with E-state index >= 15 is 0 Å². The molecule has 0 aliphatic carbocycles. The fourth-order valence-electron chi connectivity index (χ4n) is 2.28. The maximum atomic E-state index is 5.96. The molecule has 0 unspecified atom stereocenters. The number of benzene rings is 2. The Kier molecular flexibility index (Phi) is 4.46. The number of nitrogens with zero attached hydrogens (tertiary/aromatic N) is 1. The smallest absolute Gasteiger partial charge is 0.153 e. The zero-order valence-corrected chi connectivity index (χ0v) is 13.1. The van der Waals surface area contributed by atoms with Gasteiger partial charge in [-0.25, -0.2) is 0 Å². The summed E-state index contributed by atoms with van der Waals surface area (Å²) in [6.45, 7) is 0.458. The minimum Gasteiger partial charge on any atom is -0.382 e. The lowest BCUT2D eigenvalue weighted by Gasteiger charge is -2.06. The molecule has 0 saturated carbocycles. The Morgan fingerprint density at radius 3 is 2.41 bits per heavy atom. The Labute approximate surface area is 133 Å². The zero-order valence-electron chi connectivity index (χ0n) is 12.2. The molecule has 4 nitrogen and oxygen atoms in total. The monoisotopic (exact) mass is 311 g/mol. The summed E-state index contributed by atoms with van der Waals surface area (Å²) in [6.07, 6.45) is 0. The van der Waals surface area contributed by atoms with Crippen molar-refractivity contribution in [3.8, 4) is 11.1 Å². The number of methoxy groups -OCH3 is 1. The normalized spacial score (nSPS) is 10.8. The van der Waals surface area contributed by atoms with Gasteiger partial charge >= 0.3 is 0 Å². The first-order chi connectivity index (χ1) is 10.8. The van der Waals surface area contributed by atoms with Crippen LogP contribution >= 0.6 is 11.8 Å². The van der Waals surface area contributed by atoms with E-state index in [-0.39, 0.29) is 0 Å². The van der Waals surface area contributed by atoms with E-state index in [1.165, 1.54) is 9.79 Å². The first-order valence-electron chi connectivity index (χ1n) is 6.93. The maximum absolute atomic E-state index is 5.96. The van der Waals surface area contributed by atoms with Gasteiger partial charge in [0.15, 0.2) is 5.82 Å². The zero-order chi connectivity index (χ0) is 15.4. The molecule has 0 aliphatic rings. The van der Waals surface area contributed by atoms with Crippen LogP contribution < -0.4 is 5.73 Å². The number of anilines is 1. The maximum Gasteiger partial charge on any atom is 0.153 e. The van der Waals surface area contributed by atoms with Gasteiger partial charge in [0.25, 0.3) is 0 Å². The molecule has 0 aliphatic heterocycles. The van der Waals surface area contributed by atoms with Crippen molar-refractivity contribution in [1.82, 2.24) is 10.2 Å². The number of nitrogen functional groups attached to an aromatic ring is 1. The van der Waals surface area contributed by atoms with Crippen LogP contribution in [0.15, 0.2) is 64.4 Å². The molecule has 0 atom stereocenters. The first-order valence-corrected chi connectivity index (χ1v) is 7.74. The van der Waals surface area contributed by atoms with Gasteiger partial charge < -0.3 is 10.5 Å². The van der Waals surface area contributed by atoms with E-state index in [0.717, 1.165) is 16.8 Å². The average Bonchev–Trinajstić information content (AvgIpc) is 2.90. The van der Waals surface area contributed by atoms with Crippen molar-refractivity contribution >= 4 is 17.6 Å². The van der Waals surface area contributed by atoms with E-state index in [9.17, 15) is 0 Å². The lowest BCUT2D eigenvalue weighted by atomic mass is 10.1. The van der Waals surface area contributed by atoms with Crippen LogP contribution in [-0.4, -0.2) is 17.3 Å². The van der Waals surface area contributed by atoms with Gasteiger partial charge in [-0.3, -0.25) is 5.10 Å². The van der Waals surface area contributed by atoms with Crippen molar-refractivity contribution in [2.24, 2.45) is 0 Å². The molecule has 0 saturated heterocycles. The summed E-state index contributed by atoms with van der Waals surface area (Å²) in [5.41, 5.74) is 8.81. The first kappa shape index (κ1) is 14.7. The van der Waals surface area contributed by atoms with Crippen molar-refractivity contribution in [3.63, 3.8) is 0 Å². The van der Waals surface area contributed by atoms with Crippen LogP contribution in [0.5, 0.6) is 0 Å². The third-order valence-electron chi connectivity index (χ3n) is 3.28. The molecule has 5 heteroatoms. The van der Waals surface area contributed by atoms with Crippen LogP contribution in [0.4, 0.5) is 5.82 Å². The van der Waals surface area contributed by atoms with Gasteiger partial charge in [0, 0.05) is 22.5 Å². The van der Waals surface area contributed by atoms with Gasteiger partial charge in [0.2, 0.25) is 0 Å². The van der Waals surface area contributed by atoms with Crippen molar-refractivity contribution in [3.05, 3.63) is 60.3 Å². The molecule has 1 heterocycles. The highest BCUT2D eigenvalue weighted by Crippen LogP contribution is 2.32. The molecule has 22 heavy (non-hydrogen) atoms. The minimum atomic E-state index is 0.458. The van der Waals surface area contributed by atoms with E-state index in [4.69, 9.17) is 10.5 Å². The number of aromatic amines is 1. The Hall–Kier alpha value is -2.24. The second-order valence-corrected chi connectivity index (χ2v) is 5.98. The fourth-order valence-corrected chi connectivity index (χ4v) is 3.12. The molecule has 0 amide bonds. The van der Waals surface area contributed by atoms with E-state index in [2.05, 4.69) is 46.6 Å². The van der Waals surface area contributed by atoms with Crippen molar-refractivity contribution in [2.45, 2.75) is 16.4 Å². The summed E-state index contributed by atoms with van der Waals surface area (Å²) >= 11 is 1.73. The highest BCUT2D eigenvalue weighted by atomic mass is 32.2. The van der Waals surface area contributed by atoms with Crippen LogP contribution in [0.2, 0.25) is 0 Å². The summed E-state index contributed by atoms with van der Waals surface area (Å²) in [4.78, 5) is 2.41. The number of aromatic nitrogens is 2. The Balaban J connectivity index is 1.84. The highest BCUT2D eigenvalue weighted by Gasteiger charge is 2.12. The van der Waals surface area contributed by atoms with Gasteiger partial charge in [0.05, 0.1) is 12.3 Å². The van der Waals surface area contributed by atoms with Crippen molar-refractivity contribution in [2.75, 3.05) is 12.8 Å². The SMILES string of the molecule is COCc1[nH]nc(N)c1-c1ccc(Sc2ccccc2)cc1. The summed E-state index contributed by atoms with van der Waals surface area (Å²) < 4.78 is 5.18. The Morgan fingerprint density at radius 2 is 1.73 bits per heavy atom. The second kappa shape index (κ2) is 6.68. The molecule has 0 radical (unpaired) electrons. The molecule has 1 aromatic heterocycles. The van der Waals surface area contributed by atoms with E-state index < -0.39 is 0 Å². The second-order valence-electron chi connectivity index (χ2n) is 4.83. The minimum absolute atomic E-state index is 0.458. The molecular weight excluding hydrogens is 294 g/mol. The third-order valence-corrected chi connectivity index (χ3v) is 4.30. The molecule has 3 rings (SSSR count). The molecule has 112 valence electrons. The summed E-state index contributed by atoms with van der Waals surface area (Å²) in [5, 5.41) is 6.99. The quantitative estimate of drug-likeness (QED) is 0.748. The fraction of sp³-hybridized carbons (Fsp3) is 0.118. The Morgan fingerprint density at radius 1 is 1.05 bits per heavy atom. The van der Waals surface area contributed by atoms with Gasteiger partial charge in [-0.2, -0.15) is 5.10 Å². The summed E-state index contributed by atoms with van der Waals surface area (Å²) in [6, 6.07) is 18.6. The molecule has 0 fully saturated rings. The van der Waals surface area contributed by atoms with Crippen LogP contribution in [0.25, 0.3) is 11.1 Å². The summed E-state index contributed by atoms with van der Waals surface area (Å²) in [5.74, 6) is 0.496. The molecule has 3 N–H and O–H groups in total. The predicted octanol–water partition coefficient (Wildman–Crippen LogP) is 3.96. The standard InChI is InChI=1S/C17H17N3OS/c1-21-11-15-16(17(18)20-19-15)12-7-9-14(10-8-12)22-13-5-3-2-4-6-13/h2-10H,11H2,1H3,(H3,18,19,20). The highest BCUT2D eigenvalue weighted by molar-refractivity contribution is 7.99. The Bertz CT molecular complexity index is 738. The van der Waals surface area contributed by atoms with Gasteiger partial charge in [-0.1, -0.05) is 42.1 Å². The number of rotatable bonds is 5. The molecule has 2 aromatic carbocycles. The number of hydrogen-bond acceptors (Lipinski definition) is 4. The number of nitrogens with two attached hydrogens (primary N) is 1. The topological polar surface area (TPSA) is 63.9 Å². The van der Waals surface area contributed by atoms with E-state index in [0.29, 0.717) is 12.4 Å². The largest absolute Gasteiger partial charge is 0.382 e. The van der Waals surface area contributed by atoms with Crippen LogP contribution in [0.3, 0.4) is 0 Å². The number of hydrogen-bond donors (Lipinski definition) is 2. The number of nitrogens with one attached hydrogen (secondary N) is 1. The van der Waals surface area contributed by atoms with Crippen molar-refractivity contribution in [1.29, 1.82) is 0 Å². The van der Waals surface area contributed by atoms with Gasteiger partial charge in [-0.15, -0.1) is 0 Å². The predicted molar refractivity (Wildman–Crippen MR) is 89.7 cm³/mol. The van der Waals surface area contributed by atoms with Crippen molar-refractivity contribution < 1.29 is 4.74 Å². The molecular formula is C17H17N3OS. The number of H-pyrrole nitrogens is 1. The van der Waals surface area contributed by atoms with E-state index in [1.54, 1.807) is 18.9 Å². The lowest BCUT2D eigenvalue weighted by molar-refractivity contribution is 0.182. The molecule has 0 bridgehead atoms.